The van der Waals surface area contributed by atoms with Crippen molar-refractivity contribution in [2.24, 2.45) is 0 Å². The highest BCUT2D eigenvalue weighted by Crippen LogP contribution is 2.20. The van der Waals surface area contributed by atoms with E-state index in [9.17, 15) is 4.79 Å². The van der Waals surface area contributed by atoms with Gasteiger partial charge < -0.3 is 15.2 Å². The van der Waals surface area contributed by atoms with Gasteiger partial charge in [-0.2, -0.15) is 0 Å². The van der Waals surface area contributed by atoms with Crippen molar-refractivity contribution < 1.29 is 14.3 Å². The van der Waals surface area contributed by atoms with Gasteiger partial charge in [0.25, 0.3) is 0 Å². The second kappa shape index (κ2) is 5.72. The number of hydrogen-bond donors (Lipinski definition) is 1. The molecule has 5 heteroatoms. The van der Waals surface area contributed by atoms with Gasteiger partial charge >= 0.3 is 5.97 Å². The number of methoxy groups -OCH3 is 1. The van der Waals surface area contributed by atoms with Crippen LogP contribution in [0.2, 0.25) is 5.02 Å². The van der Waals surface area contributed by atoms with Crippen molar-refractivity contribution in [3.05, 3.63) is 28.8 Å². The quantitative estimate of drug-likeness (QED) is 0.650. The van der Waals surface area contributed by atoms with E-state index < -0.39 is 5.97 Å². The summed E-state index contributed by atoms with van der Waals surface area (Å²) < 4.78 is 9.97. The number of rotatable bonds is 4. The molecule has 0 aliphatic rings. The number of hydrogen-bond acceptors (Lipinski definition) is 4. The minimum absolute atomic E-state index is 0.287. The van der Waals surface area contributed by atoms with Gasteiger partial charge in [0.1, 0.15) is 6.10 Å². The Morgan fingerprint density at radius 3 is 2.81 bits per heavy atom. The molecule has 1 aromatic carbocycles. The molecule has 0 amide bonds. The van der Waals surface area contributed by atoms with Gasteiger partial charge in [-0.1, -0.05) is 11.6 Å². The van der Waals surface area contributed by atoms with E-state index in [2.05, 4.69) is 0 Å². The number of benzene rings is 1. The third-order valence-corrected chi connectivity index (χ3v) is 2.24. The zero-order valence-corrected chi connectivity index (χ0v) is 9.95. The molecular weight excluding hydrogens is 230 g/mol. The number of halogens is 1. The average Bonchev–Trinajstić information content (AvgIpc) is 2.17. The van der Waals surface area contributed by atoms with Crippen LogP contribution in [0.25, 0.3) is 0 Å². The normalized spacial score (nSPS) is 12.2. The predicted octanol–water partition coefficient (Wildman–Crippen LogP) is 2.11. The van der Waals surface area contributed by atoms with Crippen LogP contribution < -0.4 is 5.73 Å². The number of anilines is 1. The summed E-state index contributed by atoms with van der Waals surface area (Å²) in [6.45, 7) is 2.09. The minimum atomic E-state index is -0.477. The van der Waals surface area contributed by atoms with Gasteiger partial charge in [-0.05, 0) is 25.1 Å². The smallest absolute Gasteiger partial charge is 0.339 e. The monoisotopic (exact) mass is 243 g/mol. The molecule has 0 fully saturated rings. The average molecular weight is 244 g/mol. The van der Waals surface area contributed by atoms with Crippen molar-refractivity contribution in [2.75, 3.05) is 19.5 Å². The zero-order chi connectivity index (χ0) is 12.1. The molecule has 1 atom stereocenters. The maximum absolute atomic E-state index is 11.7. The molecule has 1 unspecified atom stereocenters. The first-order valence-electron chi connectivity index (χ1n) is 4.79. The van der Waals surface area contributed by atoms with E-state index >= 15 is 0 Å². The van der Waals surface area contributed by atoms with Crippen molar-refractivity contribution >= 4 is 23.3 Å². The maximum Gasteiger partial charge on any atom is 0.339 e. The third kappa shape index (κ3) is 3.40. The molecule has 0 saturated heterocycles. The summed E-state index contributed by atoms with van der Waals surface area (Å²) in [5.74, 6) is -0.477. The van der Waals surface area contributed by atoms with Crippen LogP contribution in [0.3, 0.4) is 0 Å². The second-order valence-electron chi connectivity index (χ2n) is 3.41. The van der Waals surface area contributed by atoms with E-state index in [4.69, 9.17) is 26.8 Å². The van der Waals surface area contributed by atoms with Crippen LogP contribution in [0.1, 0.15) is 17.3 Å². The Bertz CT molecular complexity index is 381. The Kier molecular flexibility index (Phi) is 4.58. The Labute approximate surface area is 99.3 Å². The van der Waals surface area contributed by atoms with E-state index in [0.29, 0.717) is 17.9 Å². The van der Waals surface area contributed by atoms with Crippen LogP contribution in [-0.4, -0.2) is 25.8 Å². The molecule has 88 valence electrons. The lowest BCUT2D eigenvalue weighted by atomic mass is 10.2. The fourth-order valence-electron chi connectivity index (χ4n) is 1.21. The number of nitrogens with two attached hydrogens (primary N) is 1. The summed E-state index contributed by atoms with van der Waals surface area (Å²) in [6, 6.07) is 4.65. The summed E-state index contributed by atoms with van der Waals surface area (Å²) in [5.41, 5.74) is 6.33. The summed E-state index contributed by atoms with van der Waals surface area (Å²) in [5, 5.41) is 0.287. The highest BCUT2D eigenvalue weighted by molar-refractivity contribution is 6.33. The molecule has 0 saturated carbocycles. The van der Waals surface area contributed by atoms with Gasteiger partial charge in [0.15, 0.2) is 0 Å². The molecular formula is C11H14ClNO3. The maximum atomic E-state index is 11.7. The molecule has 2 N–H and O–H groups in total. The summed E-state index contributed by atoms with van der Waals surface area (Å²) in [6.07, 6.45) is -0.314. The SMILES string of the molecule is COCC(C)OC(=O)c1ccc(N)cc1Cl. The van der Waals surface area contributed by atoms with Crippen molar-refractivity contribution in [2.45, 2.75) is 13.0 Å². The first kappa shape index (κ1) is 12.8. The zero-order valence-electron chi connectivity index (χ0n) is 9.20. The molecule has 0 aliphatic heterocycles. The Hall–Kier alpha value is -1.26. The molecule has 4 nitrogen and oxygen atoms in total. The first-order valence-corrected chi connectivity index (χ1v) is 5.17. The summed E-state index contributed by atoms with van der Waals surface area (Å²) >= 11 is 5.87. The van der Waals surface area contributed by atoms with Gasteiger partial charge in [0.05, 0.1) is 17.2 Å². The van der Waals surface area contributed by atoms with Gasteiger partial charge in [-0.25, -0.2) is 4.79 Å². The van der Waals surface area contributed by atoms with Gasteiger partial charge in [-0.3, -0.25) is 0 Å². The number of carbonyl (C=O) groups excluding carboxylic acids is 1. The fourth-order valence-corrected chi connectivity index (χ4v) is 1.48. The van der Waals surface area contributed by atoms with E-state index in [-0.39, 0.29) is 11.1 Å². The highest BCUT2D eigenvalue weighted by Gasteiger charge is 2.15. The van der Waals surface area contributed by atoms with Crippen LogP contribution in [0, 0.1) is 0 Å². The molecule has 1 rings (SSSR count). The lowest BCUT2D eigenvalue weighted by molar-refractivity contribution is 0.0120. The van der Waals surface area contributed by atoms with Crippen LogP contribution in [0.4, 0.5) is 5.69 Å². The molecule has 0 aromatic heterocycles. The Morgan fingerprint density at radius 1 is 1.56 bits per heavy atom. The van der Waals surface area contributed by atoms with Crippen LogP contribution in [0.5, 0.6) is 0 Å². The summed E-state index contributed by atoms with van der Waals surface area (Å²) in [7, 11) is 1.54. The molecule has 0 heterocycles. The highest BCUT2D eigenvalue weighted by atomic mass is 35.5. The minimum Gasteiger partial charge on any atom is -0.457 e. The van der Waals surface area contributed by atoms with E-state index in [1.54, 1.807) is 26.2 Å². The van der Waals surface area contributed by atoms with E-state index in [1.165, 1.54) is 6.07 Å². The van der Waals surface area contributed by atoms with Crippen molar-refractivity contribution in [1.29, 1.82) is 0 Å². The number of ether oxygens (including phenoxy) is 2. The Morgan fingerprint density at radius 2 is 2.25 bits per heavy atom. The van der Waals surface area contributed by atoms with Crippen molar-refractivity contribution in [1.82, 2.24) is 0 Å². The van der Waals surface area contributed by atoms with Crippen LogP contribution in [0.15, 0.2) is 18.2 Å². The molecule has 1 aromatic rings. The van der Waals surface area contributed by atoms with Crippen molar-refractivity contribution in [3.63, 3.8) is 0 Å². The Balaban J connectivity index is 2.73. The number of carbonyl (C=O) groups is 1. The lowest BCUT2D eigenvalue weighted by Crippen LogP contribution is -2.19. The molecule has 0 bridgehead atoms. The number of esters is 1. The summed E-state index contributed by atoms with van der Waals surface area (Å²) in [4.78, 5) is 11.7. The third-order valence-electron chi connectivity index (χ3n) is 1.92. The molecule has 0 spiro atoms. The van der Waals surface area contributed by atoms with Crippen LogP contribution >= 0.6 is 11.6 Å². The topological polar surface area (TPSA) is 61.5 Å². The van der Waals surface area contributed by atoms with Gasteiger partial charge in [0, 0.05) is 12.8 Å². The fraction of sp³-hybridized carbons (Fsp3) is 0.364. The number of nitrogen functional groups attached to an aromatic ring is 1. The molecule has 0 aliphatic carbocycles. The standard InChI is InChI=1S/C11H14ClNO3/c1-7(6-15-2)16-11(14)9-4-3-8(13)5-10(9)12/h3-5,7H,6,13H2,1-2H3. The van der Waals surface area contributed by atoms with Gasteiger partial charge in [0.2, 0.25) is 0 Å². The van der Waals surface area contributed by atoms with E-state index in [0.717, 1.165) is 0 Å². The van der Waals surface area contributed by atoms with Crippen molar-refractivity contribution in [3.8, 4) is 0 Å². The first-order chi connectivity index (χ1) is 7.54. The van der Waals surface area contributed by atoms with Gasteiger partial charge in [-0.15, -0.1) is 0 Å². The van der Waals surface area contributed by atoms with E-state index in [1.807, 2.05) is 0 Å². The second-order valence-corrected chi connectivity index (χ2v) is 3.82. The van der Waals surface area contributed by atoms with Crippen LogP contribution in [-0.2, 0) is 9.47 Å². The largest absolute Gasteiger partial charge is 0.457 e. The molecule has 16 heavy (non-hydrogen) atoms. The molecule has 0 radical (unpaired) electrons. The predicted molar refractivity (Wildman–Crippen MR) is 62.6 cm³/mol. The lowest BCUT2D eigenvalue weighted by Gasteiger charge is -2.12.